The zero-order valence-electron chi connectivity index (χ0n) is 22.5. The van der Waals surface area contributed by atoms with Gasteiger partial charge in [-0.25, -0.2) is 27.2 Å². The maximum absolute atomic E-state index is 15.7. The van der Waals surface area contributed by atoms with Crippen LogP contribution in [0, 0.1) is 12.7 Å². The van der Waals surface area contributed by atoms with Gasteiger partial charge in [-0.3, -0.25) is 9.89 Å². The number of benzene rings is 1. The van der Waals surface area contributed by atoms with Gasteiger partial charge in [-0.15, -0.1) is 0 Å². The number of aromatic nitrogens is 5. The van der Waals surface area contributed by atoms with Crippen molar-refractivity contribution in [2.45, 2.75) is 38.1 Å². The van der Waals surface area contributed by atoms with E-state index in [1.165, 1.54) is 18.3 Å². The first-order chi connectivity index (χ1) is 18.9. The van der Waals surface area contributed by atoms with E-state index in [4.69, 9.17) is 5.73 Å². The number of fused-ring (bicyclic) bond motifs is 1. The lowest BCUT2D eigenvalue weighted by atomic mass is 10.1. The van der Waals surface area contributed by atoms with Gasteiger partial charge in [0.25, 0.3) is 0 Å². The Hall–Kier alpha value is -4.33. The number of rotatable bonds is 5. The van der Waals surface area contributed by atoms with Crippen LogP contribution in [0.5, 0.6) is 0 Å². The number of pyridine rings is 1. The summed E-state index contributed by atoms with van der Waals surface area (Å²) in [7, 11) is -3.79. The summed E-state index contributed by atoms with van der Waals surface area (Å²) >= 11 is 0. The van der Waals surface area contributed by atoms with Gasteiger partial charge in [-0.05, 0) is 31.5 Å². The van der Waals surface area contributed by atoms with Gasteiger partial charge in [0.1, 0.15) is 17.2 Å². The second-order valence-electron chi connectivity index (χ2n) is 9.87. The van der Waals surface area contributed by atoms with E-state index in [2.05, 4.69) is 20.2 Å². The minimum absolute atomic E-state index is 0.00105. The Kier molecular flexibility index (Phi) is 6.82. The molecule has 1 aliphatic heterocycles. The number of hydrogen-bond donors (Lipinski definition) is 2. The van der Waals surface area contributed by atoms with Crippen LogP contribution in [0.2, 0.25) is 0 Å². The predicted molar refractivity (Wildman–Crippen MR) is 149 cm³/mol. The monoisotopic (exact) mass is 568 g/mol. The van der Waals surface area contributed by atoms with Crippen LogP contribution in [-0.2, 0) is 14.6 Å². The Bertz CT molecular complexity index is 1820. The number of nitrogens with one attached hydrogen (secondary N) is 1. The van der Waals surface area contributed by atoms with Crippen molar-refractivity contribution >= 4 is 38.3 Å². The van der Waals surface area contributed by atoms with E-state index in [1.54, 1.807) is 30.9 Å². The molecule has 5 rings (SSSR count). The first-order valence-electron chi connectivity index (χ1n) is 12.7. The number of nitrogens with zero attached hydrogens (tertiary/aromatic N) is 6. The molecule has 0 aliphatic carbocycles. The van der Waals surface area contributed by atoms with Crippen molar-refractivity contribution in [2.24, 2.45) is 0 Å². The van der Waals surface area contributed by atoms with Crippen LogP contribution < -0.4 is 16.3 Å². The van der Waals surface area contributed by atoms with Crippen molar-refractivity contribution in [3.8, 4) is 17.1 Å². The summed E-state index contributed by atoms with van der Waals surface area (Å²) < 4.78 is 42.3. The summed E-state index contributed by atoms with van der Waals surface area (Å²) in [6, 6.07) is 5.61. The molecule has 12 nitrogen and oxygen atoms in total. The molecule has 3 N–H and O–H groups in total. The smallest absolute Gasteiger partial charge is 0.355 e. The number of H-pyrrole nitrogens is 1. The average molecular weight is 569 g/mol. The number of carbonyl (C=O) groups is 1. The number of amides is 1. The molecule has 1 atom stereocenters. The Morgan fingerprint density at radius 1 is 1.25 bits per heavy atom. The van der Waals surface area contributed by atoms with E-state index >= 15 is 4.39 Å². The van der Waals surface area contributed by atoms with Gasteiger partial charge in [0.15, 0.2) is 21.3 Å². The zero-order valence-corrected chi connectivity index (χ0v) is 23.3. The zero-order chi connectivity index (χ0) is 28.9. The molecule has 4 aromatic rings. The highest BCUT2D eigenvalue weighted by atomic mass is 32.2. The minimum atomic E-state index is -3.79. The molecule has 1 aromatic carbocycles. The summed E-state index contributed by atoms with van der Waals surface area (Å²) in [5.74, 6) is -0.531. The number of nitrogens with two attached hydrogens (primary N) is 1. The number of anilines is 2. The van der Waals surface area contributed by atoms with Crippen molar-refractivity contribution in [3.63, 3.8) is 0 Å². The summed E-state index contributed by atoms with van der Waals surface area (Å²) in [4.78, 5) is 38.4. The van der Waals surface area contributed by atoms with Crippen molar-refractivity contribution in [1.82, 2.24) is 29.6 Å². The fourth-order valence-electron chi connectivity index (χ4n) is 5.13. The van der Waals surface area contributed by atoms with Crippen LogP contribution in [0.15, 0.2) is 40.2 Å². The third-order valence-corrected chi connectivity index (χ3v) is 8.21. The summed E-state index contributed by atoms with van der Waals surface area (Å²) in [6.07, 6.45) is 2.73. The highest BCUT2D eigenvalue weighted by Crippen LogP contribution is 2.34. The molecular weight excluding hydrogens is 539 g/mol. The third-order valence-electron chi connectivity index (χ3n) is 7.09. The van der Waals surface area contributed by atoms with Crippen LogP contribution in [-0.4, -0.2) is 75.9 Å². The molecule has 3 aromatic heterocycles. The summed E-state index contributed by atoms with van der Waals surface area (Å²) in [5.41, 5.74) is 5.83. The lowest BCUT2D eigenvalue weighted by molar-refractivity contribution is -0.131. The lowest BCUT2D eigenvalue weighted by Crippen LogP contribution is -2.54. The van der Waals surface area contributed by atoms with E-state index in [1.807, 2.05) is 11.8 Å². The van der Waals surface area contributed by atoms with E-state index < -0.39 is 21.3 Å². The molecule has 1 aliphatic rings. The standard InChI is InChI=1S/C26H29FN8O4S/c1-5-20(36)33-9-10-34(15(3)13-33)24-16-11-17(27)21(22-18(28)12-29-32-22)30-25(16)35(26(37)31-24)23-14(2)7-6-8-19(23)40(4,38)39/h6-8,11-12,15H,5,9-10,13,28H2,1-4H3,(H,29,32)/t15-/m0/s1. The molecule has 0 radical (unpaired) electrons. The highest BCUT2D eigenvalue weighted by Gasteiger charge is 2.31. The topological polar surface area (TPSA) is 160 Å². The number of para-hydroxylation sites is 1. The Morgan fingerprint density at radius 3 is 2.62 bits per heavy atom. The van der Waals surface area contributed by atoms with Gasteiger partial charge in [0.2, 0.25) is 5.91 Å². The average Bonchev–Trinajstić information content (AvgIpc) is 3.33. The fraction of sp³-hybridized carbons (Fsp3) is 0.346. The van der Waals surface area contributed by atoms with Crippen molar-refractivity contribution in [2.75, 3.05) is 36.5 Å². The second-order valence-corrected chi connectivity index (χ2v) is 11.9. The van der Waals surface area contributed by atoms with Crippen LogP contribution in [0.3, 0.4) is 0 Å². The number of halogens is 1. The normalized spacial score (nSPS) is 16.1. The molecule has 4 heterocycles. The third kappa shape index (κ3) is 4.57. The van der Waals surface area contributed by atoms with Gasteiger partial charge in [0, 0.05) is 38.4 Å². The minimum Gasteiger partial charge on any atom is -0.396 e. The van der Waals surface area contributed by atoms with Crippen molar-refractivity contribution in [3.05, 3.63) is 52.3 Å². The van der Waals surface area contributed by atoms with E-state index in [-0.39, 0.29) is 56.5 Å². The second kappa shape index (κ2) is 10.0. The molecule has 0 bridgehead atoms. The molecule has 0 unspecified atom stereocenters. The van der Waals surface area contributed by atoms with Gasteiger partial charge in [-0.1, -0.05) is 19.1 Å². The number of aryl methyl sites for hydroxylation is 1. The quantitative estimate of drug-likeness (QED) is 0.367. The van der Waals surface area contributed by atoms with Gasteiger partial charge in [-0.2, -0.15) is 10.1 Å². The van der Waals surface area contributed by atoms with Crippen LogP contribution in [0.25, 0.3) is 28.1 Å². The number of piperazine rings is 1. The van der Waals surface area contributed by atoms with E-state index in [0.29, 0.717) is 31.6 Å². The molecular formula is C26H29FN8O4S. The van der Waals surface area contributed by atoms with Gasteiger partial charge < -0.3 is 15.5 Å². The largest absolute Gasteiger partial charge is 0.396 e. The molecule has 0 spiro atoms. The van der Waals surface area contributed by atoms with Crippen LogP contribution >= 0.6 is 0 Å². The predicted octanol–water partition coefficient (Wildman–Crippen LogP) is 2.05. The number of carbonyl (C=O) groups excluding carboxylic acids is 1. The molecule has 1 saturated heterocycles. The highest BCUT2D eigenvalue weighted by molar-refractivity contribution is 7.90. The number of nitrogen functional groups attached to an aromatic ring is 1. The maximum atomic E-state index is 15.7. The summed E-state index contributed by atoms with van der Waals surface area (Å²) in [5, 5.41) is 6.68. The molecule has 0 saturated carbocycles. The van der Waals surface area contributed by atoms with E-state index in [0.717, 1.165) is 10.8 Å². The molecule has 40 heavy (non-hydrogen) atoms. The number of hydrogen-bond acceptors (Lipinski definition) is 9. The van der Waals surface area contributed by atoms with Crippen molar-refractivity contribution in [1.29, 1.82) is 0 Å². The maximum Gasteiger partial charge on any atom is 0.355 e. The first-order valence-corrected chi connectivity index (χ1v) is 14.6. The molecule has 1 fully saturated rings. The Labute approximate surface area is 229 Å². The number of aromatic amines is 1. The first kappa shape index (κ1) is 27.2. The molecule has 210 valence electrons. The van der Waals surface area contributed by atoms with Crippen molar-refractivity contribution < 1.29 is 17.6 Å². The number of sulfone groups is 1. The van der Waals surface area contributed by atoms with Gasteiger partial charge in [0.05, 0.1) is 27.9 Å². The van der Waals surface area contributed by atoms with Crippen LogP contribution in [0.4, 0.5) is 15.9 Å². The lowest BCUT2D eigenvalue weighted by Gasteiger charge is -2.40. The van der Waals surface area contributed by atoms with Crippen LogP contribution in [0.1, 0.15) is 25.8 Å². The Morgan fingerprint density at radius 2 is 2.00 bits per heavy atom. The Balaban J connectivity index is 1.83. The summed E-state index contributed by atoms with van der Waals surface area (Å²) in [6.45, 7) is 6.50. The molecule has 14 heteroatoms. The van der Waals surface area contributed by atoms with E-state index in [9.17, 15) is 18.0 Å². The van der Waals surface area contributed by atoms with Gasteiger partial charge >= 0.3 is 5.69 Å². The molecule has 1 amide bonds. The fourth-order valence-corrected chi connectivity index (χ4v) is 6.06. The SMILES string of the molecule is CCC(=O)N1CCN(c2nc(=O)n(-c3c(C)cccc3S(C)(=O)=O)c3nc(-c4[nH]ncc4N)c(F)cc23)[C@@H](C)C1.